The van der Waals surface area contributed by atoms with Crippen LogP contribution in [0.2, 0.25) is 0 Å². The number of rotatable bonds is 6. The molecule has 0 unspecified atom stereocenters. The standard InChI is InChI=1S/C17H20N4O4/c1-11-19-16(21-25-11)17(8-2-3-9-17)20-14(22)10-24-13-6-4-12(5-7-13)15(18)23/h4-7H,2-3,8-10H2,1H3,(H2,18,23)(H,20,22). The molecule has 8 heteroatoms. The van der Waals surface area contributed by atoms with Crippen LogP contribution in [0, 0.1) is 6.92 Å². The molecular weight excluding hydrogens is 324 g/mol. The summed E-state index contributed by atoms with van der Waals surface area (Å²) in [6, 6.07) is 6.30. The molecule has 0 radical (unpaired) electrons. The molecule has 0 bridgehead atoms. The Hall–Kier alpha value is -2.90. The molecule has 2 amide bonds. The monoisotopic (exact) mass is 344 g/mol. The van der Waals surface area contributed by atoms with Gasteiger partial charge in [-0.1, -0.05) is 18.0 Å². The Morgan fingerprint density at radius 1 is 1.28 bits per heavy atom. The van der Waals surface area contributed by atoms with E-state index >= 15 is 0 Å². The average Bonchev–Trinajstić information content (AvgIpc) is 3.23. The molecule has 1 saturated carbocycles. The second kappa shape index (κ2) is 6.92. The van der Waals surface area contributed by atoms with E-state index in [0.717, 1.165) is 25.7 Å². The molecule has 1 aromatic heterocycles. The zero-order valence-corrected chi connectivity index (χ0v) is 13.9. The van der Waals surface area contributed by atoms with Crippen molar-refractivity contribution in [2.45, 2.75) is 38.1 Å². The largest absolute Gasteiger partial charge is 0.484 e. The van der Waals surface area contributed by atoms with Gasteiger partial charge in [0.1, 0.15) is 11.3 Å². The van der Waals surface area contributed by atoms with E-state index in [0.29, 0.717) is 23.0 Å². The minimum absolute atomic E-state index is 0.144. The number of hydrogen-bond donors (Lipinski definition) is 2. The topological polar surface area (TPSA) is 120 Å². The number of nitrogens with zero attached hydrogens (tertiary/aromatic N) is 2. The number of ether oxygens (including phenoxy) is 1. The van der Waals surface area contributed by atoms with Gasteiger partial charge < -0.3 is 20.3 Å². The Kier molecular flexibility index (Phi) is 4.69. The summed E-state index contributed by atoms with van der Waals surface area (Å²) in [4.78, 5) is 27.7. The first-order valence-electron chi connectivity index (χ1n) is 8.13. The van der Waals surface area contributed by atoms with Crippen LogP contribution in [0.15, 0.2) is 28.8 Å². The van der Waals surface area contributed by atoms with Crippen LogP contribution >= 0.6 is 0 Å². The van der Waals surface area contributed by atoms with Crippen molar-refractivity contribution in [3.63, 3.8) is 0 Å². The van der Waals surface area contributed by atoms with Gasteiger partial charge in [0.2, 0.25) is 11.8 Å². The van der Waals surface area contributed by atoms with Crippen LogP contribution in [0.4, 0.5) is 0 Å². The van der Waals surface area contributed by atoms with Crippen molar-refractivity contribution < 1.29 is 18.8 Å². The number of benzene rings is 1. The van der Waals surface area contributed by atoms with E-state index in [4.69, 9.17) is 15.0 Å². The van der Waals surface area contributed by atoms with Crippen molar-refractivity contribution in [3.8, 4) is 5.75 Å². The van der Waals surface area contributed by atoms with Crippen LogP contribution in [-0.2, 0) is 10.3 Å². The summed E-state index contributed by atoms with van der Waals surface area (Å²) in [6.07, 6.45) is 3.52. The van der Waals surface area contributed by atoms with Crippen molar-refractivity contribution >= 4 is 11.8 Å². The lowest BCUT2D eigenvalue weighted by molar-refractivity contribution is -0.125. The van der Waals surface area contributed by atoms with E-state index in [1.807, 2.05) is 0 Å². The predicted octanol–water partition coefficient (Wildman–Crippen LogP) is 1.44. The number of carbonyl (C=O) groups excluding carboxylic acids is 2. The van der Waals surface area contributed by atoms with Crippen molar-refractivity contribution in [1.29, 1.82) is 0 Å². The molecule has 8 nitrogen and oxygen atoms in total. The van der Waals surface area contributed by atoms with Gasteiger partial charge in [0.05, 0.1) is 0 Å². The highest BCUT2D eigenvalue weighted by molar-refractivity contribution is 5.92. The Morgan fingerprint density at radius 3 is 2.52 bits per heavy atom. The van der Waals surface area contributed by atoms with E-state index in [1.165, 1.54) is 0 Å². The molecular formula is C17H20N4O4. The number of amides is 2. The maximum Gasteiger partial charge on any atom is 0.258 e. The minimum atomic E-state index is -0.589. The third-order valence-corrected chi connectivity index (χ3v) is 4.30. The fourth-order valence-corrected chi connectivity index (χ4v) is 3.04. The fourth-order valence-electron chi connectivity index (χ4n) is 3.04. The van der Waals surface area contributed by atoms with Crippen LogP contribution < -0.4 is 15.8 Å². The van der Waals surface area contributed by atoms with Crippen molar-refractivity contribution in [3.05, 3.63) is 41.5 Å². The molecule has 2 aromatic rings. The lowest BCUT2D eigenvalue weighted by Gasteiger charge is -2.26. The van der Waals surface area contributed by atoms with Gasteiger partial charge in [-0.2, -0.15) is 4.98 Å². The number of primary amides is 1. The Bertz CT molecular complexity index is 763. The molecule has 1 aromatic carbocycles. The van der Waals surface area contributed by atoms with Crippen LogP contribution in [0.1, 0.15) is 47.8 Å². The van der Waals surface area contributed by atoms with Crippen LogP contribution in [-0.4, -0.2) is 28.6 Å². The third-order valence-electron chi connectivity index (χ3n) is 4.30. The number of nitrogens with two attached hydrogens (primary N) is 1. The molecule has 0 atom stereocenters. The first-order valence-corrected chi connectivity index (χ1v) is 8.13. The van der Waals surface area contributed by atoms with Crippen molar-refractivity contribution in [1.82, 2.24) is 15.5 Å². The SMILES string of the molecule is Cc1nc(C2(NC(=O)COc3ccc(C(N)=O)cc3)CCCC2)no1. The van der Waals surface area contributed by atoms with Crippen molar-refractivity contribution in [2.24, 2.45) is 5.73 Å². The van der Waals surface area contributed by atoms with Gasteiger partial charge in [-0.25, -0.2) is 0 Å². The molecule has 3 N–H and O–H groups in total. The molecule has 1 fully saturated rings. The Labute approximate surface area is 144 Å². The maximum absolute atomic E-state index is 12.3. The normalized spacial score (nSPS) is 15.7. The molecule has 1 heterocycles. The van der Waals surface area contributed by atoms with Gasteiger partial charge in [0, 0.05) is 12.5 Å². The number of carbonyl (C=O) groups is 2. The van der Waals surface area contributed by atoms with Crippen molar-refractivity contribution in [2.75, 3.05) is 6.61 Å². The van der Waals surface area contributed by atoms with Gasteiger partial charge >= 0.3 is 0 Å². The molecule has 0 saturated heterocycles. The summed E-state index contributed by atoms with van der Waals surface area (Å²) in [5.74, 6) is 0.699. The van der Waals surface area contributed by atoms with Gasteiger partial charge in [0.25, 0.3) is 5.91 Å². The Balaban J connectivity index is 1.61. The molecule has 1 aliphatic rings. The van der Waals surface area contributed by atoms with E-state index in [-0.39, 0.29) is 12.5 Å². The molecule has 0 aliphatic heterocycles. The summed E-state index contributed by atoms with van der Waals surface area (Å²) in [7, 11) is 0. The lowest BCUT2D eigenvalue weighted by Crippen LogP contribution is -2.46. The van der Waals surface area contributed by atoms with Crippen LogP contribution in [0.3, 0.4) is 0 Å². The van der Waals surface area contributed by atoms with E-state index in [9.17, 15) is 9.59 Å². The van der Waals surface area contributed by atoms with Gasteiger partial charge in [-0.05, 0) is 37.1 Å². The van der Waals surface area contributed by atoms with Crippen LogP contribution in [0.25, 0.3) is 0 Å². The van der Waals surface area contributed by atoms with Crippen LogP contribution in [0.5, 0.6) is 5.75 Å². The number of aryl methyl sites for hydroxylation is 1. The summed E-state index contributed by atoms with van der Waals surface area (Å²) in [5.41, 5.74) is 4.98. The quantitative estimate of drug-likeness (QED) is 0.818. The molecule has 25 heavy (non-hydrogen) atoms. The first-order chi connectivity index (χ1) is 12.0. The molecule has 132 valence electrons. The lowest BCUT2D eigenvalue weighted by atomic mass is 9.96. The molecule has 3 rings (SSSR count). The smallest absolute Gasteiger partial charge is 0.258 e. The predicted molar refractivity (Wildman–Crippen MR) is 87.8 cm³/mol. The average molecular weight is 344 g/mol. The van der Waals surface area contributed by atoms with Gasteiger partial charge in [-0.3, -0.25) is 9.59 Å². The zero-order valence-electron chi connectivity index (χ0n) is 13.9. The highest BCUT2D eigenvalue weighted by Gasteiger charge is 2.41. The summed E-state index contributed by atoms with van der Waals surface area (Å²) in [6.45, 7) is 1.58. The second-order valence-corrected chi connectivity index (χ2v) is 6.15. The number of nitrogens with one attached hydrogen (secondary N) is 1. The molecule has 0 spiro atoms. The highest BCUT2D eigenvalue weighted by atomic mass is 16.5. The summed E-state index contributed by atoms with van der Waals surface area (Å²) < 4.78 is 10.5. The first kappa shape index (κ1) is 16.9. The minimum Gasteiger partial charge on any atom is -0.484 e. The highest BCUT2D eigenvalue weighted by Crippen LogP contribution is 2.37. The van der Waals surface area contributed by atoms with E-state index in [1.54, 1.807) is 31.2 Å². The summed E-state index contributed by atoms with van der Waals surface area (Å²) in [5, 5.41) is 6.98. The summed E-state index contributed by atoms with van der Waals surface area (Å²) >= 11 is 0. The number of aromatic nitrogens is 2. The number of hydrogen-bond acceptors (Lipinski definition) is 6. The van der Waals surface area contributed by atoms with Gasteiger partial charge in [0.15, 0.2) is 12.4 Å². The van der Waals surface area contributed by atoms with Gasteiger partial charge in [-0.15, -0.1) is 0 Å². The molecule has 1 aliphatic carbocycles. The second-order valence-electron chi connectivity index (χ2n) is 6.15. The zero-order chi connectivity index (χ0) is 17.9. The van der Waals surface area contributed by atoms with E-state index in [2.05, 4.69) is 15.5 Å². The third kappa shape index (κ3) is 3.78. The van der Waals surface area contributed by atoms with E-state index < -0.39 is 11.4 Å². The fraction of sp³-hybridized carbons (Fsp3) is 0.412. The Morgan fingerprint density at radius 2 is 1.96 bits per heavy atom. The maximum atomic E-state index is 12.3.